The van der Waals surface area contributed by atoms with Gasteiger partial charge < -0.3 is 5.73 Å². The Kier molecular flexibility index (Phi) is 2.48. The van der Waals surface area contributed by atoms with Crippen LogP contribution in [0.2, 0.25) is 0 Å². The summed E-state index contributed by atoms with van der Waals surface area (Å²) < 4.78 is 0. The zero-order valence-electron chi connectivity index (χ0n) is 7.76. The monoisotopic (exact) mass is 162 g/mol. The Morgan fingerprint density at radius 2 is 1.92 bits per heavy atom. The number of hydrogen-bond donors (Lipinski definition) is 1. The molecule has 0 aliphatic rings. The van der Waals surface area contributed by atoms with Crippen molar-refractivity contribution < 1.29 is 0 Å². The lowest BCUT2D eigenvalue weighted by molar-refractivity contribution is 1.32. The van der Waals surface area contributed by atoms with Crippen LogP contribution in [0.15, 0.2) is 23.2 Å². The van der Waals surface area contributed by atoms with Gasteiger partial charge in [0.25, 0.3) is 0 Å². The maximum atomic E-state index is 5.66. The highest BCUT2D eigenvalue weighted by Crippen LogP contribution is 2.09. The number of aryl methyl sites for hydroxylation is 2. The largest absolute Gasteiger partial charge is 0.384 e. The summed E-state index contributed by atoms with van der Waals surface area (Å²) in [6.45, 7) is 4.15. The molecule has 2 nitrogen and oxygen atoms in total. The summed E-state index contributed by atoms with van der Waals surface area (Å²) in [5.74, 6) is 0.595. The Balaban J connectivity index is 3.13. The van der Waals surface area contributed by atoms with Crippen molar-refractivity contribution in [1.29, 1.82) is 0 Å². The van der Waals surface area contributed by atoms with Crippen molar-refractivity contribution in [3.63, 3.8) is 0 Å². The molecule has 0 aliphatic carbocycles. The smallest absolute Gasteiger partial charge is 0.125 e. The van der Waals surface area contributed by atoms with E-state index >= 15 is 0 Å². The van der Waals surface area contributed by atoms with Crippen molar-refractivity contribution in [3.8, 4) is 0 Å². The molecule has 0 aromatic heterocycles. The van der Waals surface area contributed by atoms with Gasteiger partial charge in [0.05, 0.1) is 0 Å². The maximum absolute atomic E-state index is 5.66. The van der Waals surface area contributed by atoms with Crippen LogP contribution in [0.25, 0.3) is 0 Å². The number of nitrogens with two attached hydrogens (primary N) is 1. The van der Waals surface area contributed by atoms with Gasteiger partial charge in [-0.05, 0) is 31.0 Å². The Hall–Kier alpha value is -1.31. The lowest BCUT2D eigenvalue weighted by Gasteiger charge is -2.03. The fraction of sp³-hybridized carbons (Fsp3) is 0.300. The number of benzene rings is 1. The van der Waals surface area contributed by atoms with Crippen molar-refractivity contribution in [2.24, 2.45) is 10.7 Å². The van der Waals surface area contributed by atoms with Crippen LogP contribution in [-0.2, 0) is 0 Å². The van der Waals surface area contributed by atoms with E-state index in [1.54, 1.807) is 7.05 Å². The third kappa shape index (κ3) is 1.64. The minimum Gasteiger partial charge on any atom is -0.384 e. The Morgan fingerprint density at radius 3 is 2.42 bits per heavy atom. The maximum Gasteiger partial charge on any atom is 0.125 e. The highest BCUT2D eigenvalue weighted by atomic mass is 14.8. The van der Waals surface area contributed by atoms with Crippen molar-refractivity contribution in [1.82, 2.24) is 0 Å². The fourth-order valence-electron chi connectivity index (χ4n) is 1.03. The van der Waals surface area contributed by atoms with E-state index in [1.165, 1.54) is 11.1 Å². The van der Waals surface area contributed by atoms with Crippen LogP contribution in [0, 0.1) is 13.8 Å². The van der Waals surface area contributed by atoms with Gasteiger partial charge >= 0.3 is 0 Å². The minimum absolute atomic E-state index is 0.595. The third-order valence-electron chi connectivity index (χ3n) is 2.04. The molecule has 0 fully saturated rings. The first kappa shape index (κ1) is 8.78. The lowest BCUT2D eigenvalue weighted by Crippen LogP contribution is -2.12. The summed E-state index contributed by atoms with van der Waals surface area (Å²) in [7, 11) is 1.70. The molecule has 0 radical (unpaired) electrons. The topological polar surface area (TPSA) is 38.4 Å². The number of nitrogens with zero attached hydrogens (tertiary/aromatic N) is 1. The van der Waals surface area contributed by atoms with Gasteiger partial charge in [-0.15, -0.1) is 0 Å². The lowest BCUT2D eigenvalue weighted by atomic mass is 10.1. The van der Waals surface area contributed by atoms with E-state index < -0.39 is 0 Å². The van der Waals surface area contributed by atoms with Gasteiger partial charge in [-0.1, -0.05) is 12.1 Å². The van der Waals surface area contributed by atoms with Gasteiger partial charge in [-0.3, -0.25) is 4.99 Å². The van der Waals surface area contributed by atoms with E-state index in [4.69, 9.17) is 5.73 Å². The van der Waals surface area contributed by atoms with Crippen LogP contribution >= 0.6 is 0 Å². The first-order valence-corrected chi connectivity index (χ1v) is 3.95. The van der Waals surface area contributed by atoms with Gasteiger partial charge in [0, 0.05) is 12.6 Å². The number of aliphatic imine (C=N–C) groups is 1. The second-order valence-corrected chi connectivity index (χ2v) is 2.91. The summed E-state index contributed by atoms with van der Waals surface area (Å²) >= 11 is 0. The molecule has 2 heteroatoms. The Labute approximate surface area is 73.1 Å². The molecule has 0 saturated carbocycles. The molecule has 12 heavy (non-hydrogen) atoms. The second-order valence-electron chi connectivity index (χ2n) is 2.91. The van der Waals surface area contributed by atoms with Crippen molar-refractivity contribution >= 4 is 5.84 Å². The zero-order valence-corrected chi connectivity index (χ0v) is 7.76. The first-order valence-electron chi connectivity index (χ1n) is 3.95. The number of hydrogen-bond acceptors (Lipinski definition) is 1. The predicted octanol–water partition coefficient (Wildman–Crippen LogP) is 1.64. The highest BCUT2D eigenvalue weighted by Gasteiger charge is 1.98. The molecule has 64 valence electrons. The third-order valence-corrected chi connectivity index (χ3v) is 2.04. The van der Waals surface area contributed by atoms with E-state index in [-0.39, 0.29) is 0 Å². The standard InChI is InChI=1S/C10H14N2/c1-7-4-5-9(6-8(7)2)10(11)12-3/h4-6H,1-3H3,(H2,11,12). The molecule has 1 rings (SSSR count). The molecular formula is C10H14N2. The Morgan fingerprint density at radius 1 is 1.25 bits per heavy atom. The van der Waals surface area contributed by atoms with Crippen molar-refractivity contribution in [2.75, 3.05) is 7.05 Å². The van der Waals surface area contributed by atoms with Crippen LogP contribution in [0.5, 0.6) is 0 Å². The molecule has 0 unspecified atom stereocenters. The van der Waals surface area contributed by atoms with E-state index in [0.717, 1.165) is 5.56 Å². The minimum atomic E-state index is 0.595. The van der Waals surface area contributed by atoms with Crippen LogP contribution in [0.4, 0.5) is 0 Å². The molecule has 0 spiro atoms. The molecule has 2 N–H and O–H groups in total. The molecule has 0 heterocycles. The predicted molar refractivity (Wildman–Crippen MR) is 52.6 cm³/mol. The van der Waals surface area contributed by atoms with E-state index in [0.29, 0.717) is 5.84 Å². The molecule has 1 aromatic carbocycles. The zero-order chi connectivity index (χ0) is 9.14. The fourth-order valence-corrected chi connectivity index (χ4v) is 1.03. The summed E-state index contributed by atoms with van der Waals surface area (Å²) in [5.41, 5.74) is 9.19. The number of rotatable bonds is 1. The molecule has 0 bridgehead atoms. The van der Waals surface area contributed by atoms with Gasteiger partial charge in [0.2, 0.25) is 0 Å². The van der Waals surface area contributed by atoms with E-state index in [2.05, 4.69) is 31.0 Å². The average molecular weight is 162 g/mol. The normalized spacial score (nSPS) is 11.8. The Bertz CT molecular complexity index is 314. The molecular weight excluding hydrogens is 148 g/mol. The quantitative estimate of drug-likeness (QED) is 0.494. The summed E-state index contributed by atoms with van der Waals surface area (Å²) in [6, 6.07) is 6.10. The van der Waals surface area contributed by atoms with Crippen LogP contribution in [0.1, 0.15) is 16.7 Å². The van der Waals surface area contributed by atoms with Crippen LogP contribution in [-0.4, -0.2) is 12.9 Å². The van der Waals surface area contributed by atoms with Crippen molar-refractivity contribution in [3.05, 3.63) is 34.9 Å². The SMILES string of the molecule is CN=C(N)c1ccc(C)c(C)c1. The summed E-state index contributed by atoms with van der Waals surface area (Å²) in [5, 5.41) is 0. The van der Waals surface area contributed by atoms with Gasteiger partial charge in [0.15, 0.2) is 0 Å². The molecule has 0 atom stereocenters. The first-order chi connectivity index (χ1) is 5.65. The molecule has 0 saturated heterocycles. The summed E-state index contributed by atoms with van der Waals surface area (Å²) in [6.07, 6.45) is 0. The highest BCUT2D eigenvalue weighted by molar-refractivity contribution is 5.97. The van der Waals surface area contributed by atoms with Gasteiger partial charge in [-0.2, -0.15) is 0 Å². The van der Waals surface area contributed by atoms with Crippen molar-refractivity contribution in [2.45, 2.75) is 13.8 Å². The molecule has 0 aliphatic heterocycles. The van der Waals surface area contributed by atoms with E-state index in [9.17, 15) is 0 Å². The van der Waals surface area contributed by atoms with Crippen LogP contribution in [0.3, 0.4) is 0 Å². The van der Waals surface area contributed by atoms with Gasteiger partial charge in [0.1, 0.15) is 5.84 Å². The second kappa shape index (κ2) is 3.39. The van der Waals surface area contributed by atoms with E-state index in [1.807, 2.05) is 6.07 Å². The molecule has 1 aromatic rings. The molecule has 0 amide bonds. The number of amidine groups is 1. The van der Waals surface area contributed by atoms with Crippen LogP contribution < -0.4 is 5.73 Å². The average Bonchev–Trinajstić information content (AvgIpc) is 2.08. The summed E-state index contributed by atoms with van der Waals surface area (Å²) in [4.78, 5) is 3.92. The van der Waals surface area contributed by atoms with Gasteiger partial charge in [-0.25, -0.2) is 0 Å².